The van der Waals surface area contributed by atoms with E-state index >= 15 is 0 Å². The second kappa shape index (κ2) is 5.79. The molecule has 3 heteroatoms. The minimum atomic E-state index is -0.398. The Labute approximate surface area is 109 Å². The number of hydrogen-bond acceptors (Lipinski definition) is 2. The smallest absolute Gasteiger partial charge is 0.213 e. The van der Waals surface area contributed by atoms with Crippen LogP contribution in [0, 0.1) is 11.9 Å². The zero-order valence-electron chi connectivity index (χ0n) is 11.4. The Balaban J connectivity index is 1.91. The zero-order chi connectivity index (χ0) is 13.0. The first-order chi connectivity index (χ1) is 8.58. The van der Waals surface area contributed by atoms with Crippen molar-refractivity contribution >= 4 is 0 Å². The van der Waals surface area contributed by atoms with Crippen molar-refractivity contribution in [1.29, 1.82) is 0 Å². The topological polar surface area (TPSA) is 24.9 Å². The zero-order valence-corrected chi connectivity index (χ0v) is 11.4. The molecule has 1 N–H and O–H groups in total. The van der Waals surface area contributed by atoms with Crippen LogP contribution in [0.4, 0.5) is 4.39 Å². The summed E-state index contributed by atoms with van der Waals surface area (Å²) in [6.07, 6.45) is 8.22. The van der Waals surface area contributed by atoms with Gasteiger partial charge in [0, 0.05) is 18.3 Å². The van der Waals surface area contributed by atoms with Crippen LogP contribution in [0.1, 0.15) is 51.5 Å². The van der Waals surface area contributed by atoms with Crippen molar-refractivity contribution in [3.8, 4) is 0 Å². The van der Waals surface area contributed by atoms with Gasteiger partial charge < -0.3 is 5.32 Å². The van der Waals surface area contributed by atoms with Crippen LogP contribution in [0.15, 0.2) is 18.3 Å². The van der Waals surface area contributed by atoms with Crippen LogP contribution in [0.3, 0.4) is 0 Å². The summed E-state index contributed by atoms with van der Waals surface area (Å²) in [5.74, 6) is 0.336. The molecule has 2 rings (SSSR count). The summed E-state index contributed by atoms with van der Waals surface area (Å²) in [6.45, 7) is 5.24. The van der Waals surface area contributed by atoms with Gasteiger partial charge in [0.25, 0.3) is 0 Å². The minimum Gasteiger partial charge on any atom is -0.307 e. The second-order valence-electron chi connectivity index (χ2n) is 5.90. The maximum absolute atomic E-state index is 13.0. The van der Waals surface area contributed by atoms with Gasteiger partial charge in [0.1, 0.15) is 0 Å². The van der Waals surface area contributed by atoms with Crippen LogP contribution in [-0.2, 0) is 6.54 Å². The molecule has 0 unspecified atom stereocenters. The molecule has 0 bridgehead atoms. The van der Waals surface area contributed by atoms with Crippen LogP contribution in [0.2, 0.25) is 0 Å². The summed E-state index contributed by atoms with van der Waals surface area (Å²) < 4.78 is 13.0. The predicted molar refractivity (Wildman–Crippen MR) is 71.7 cm³/mol. The van der Waals surface area contributed by atoms with Gasteiger partial charge in [-0.2, -0.15) is 4.39 Å². The second-order valence-corrected chi connectivity index (χ2v) is 5.90. The number of halogens is 1. The summed E-state index contributed by atoms with van der Waals surface area (Å²) in [4.78, 5) is 3.58. The Morgan fingerprint density at radius 3 is 2.72 bits per heavy atom. The van der Waals surface area contributed by atoms with Crippen molar-refractivity contribution < 1.29 is 4.39 Å². The Bertz CT molecular complexity index is 384. The fraction of sp³-hybridized carbons (Fsp3) is 0.667. The molecule has 0 saturated heterocycles. The first kappa shape index (κ1) is 13.5. The third kappa shape index (κ3) is 3.52. The molecule has 18 heavy (non-hydrogen) atoms. The SMILES string of the molecule is CC(C)(NCc1ccnc(F)c1)C1CCCCC1. The van der Waals surface area contributed by atoms with E-state index in [0.717, 1.165) is 11.5 Å². The summed E-state index contributed by atoms with van der Waals surface area (Å²) in [5, 5.41) is 3.58. The van der Waals surface area contributed by atoms with E-state index in [1.54, 1.807) is 0 Å². The van der Waals surface area contributed by atoms with Gasteiger partial charge in [0.15, 0.2) is 0 Å². The van der Waals surface area contributed by atoms with E-state index in [-0.39, 0.29) is 5.54 Å². The third-order valence-electron chi connectivity index (χ3n) is 4.16. The molecule has 0 spiro atoms. The van der Waals surface area contributed by atoms with Crippen LogP contribution in [-0.4, -0.2) is 10.5 Å². The van der Waals surface area contributed by atoms with E-state index in [9.17, 15) is 4.39 Å². The molecule has 1 saturated carbocycles. The number of nitrogens with one attached hydrogen (secondary N) is 1. The molecular weight excluding hydrogens is 227 g/mol. The molecule has 100 valence electrons. The standard InChI is InChI=1S/C15H23FN2/c1-15(2,13-6-4-3-5-7-13)18-11-12-8-9-17-14(16)10-12/h8-10,13,18H,3-7,11H2,1-2H3. The van der Waals surface area contributed by atoms with Crippen molar-refractivity contribution in [1.82, 2.24) is 10.3 Å². The number of rotatable bonds is 4. The first-order valence-corrected chi connectivity index (χ1v) is 6.93. The van der Waals surface area contributed by atoms with E-state index in [0.29, 0.717) is 6.54 Å². The van der Waals surface area contributed by atoms with Crippen molar-refractivity contribution in [2.24, 2.45) is 5.92 Å². The van der Waals surface area contributed by atoms with Gasteiger partial charge in [-0.3, -0.25) is 0 Å². The average Bonchev–Trinajstić information content (AvgIpc) is 2.38. The van der Waals surface area contributed by atoms with Gasteiger partial charge in [-0.1, -0.05) is 19.3 Å². The lowest BCUT2D eigenvalue weighted by atomic mass is 9.76. The monoisotopic (exact) mass is 250 g/mol. The number of hydrogen-bond donors (Lipinski definition) is 1. The molecular formula is C15H23FN2. The lowest BCUT2D eigenvalue weighted by Crippen LogP contribution is -2.46. The Morgan fingerprint density at radius 2 is 2.06 bits per heavy atom. The number of pyridine rings is 1. The summed E-state index contributed by atoms with van der Waals surface area (Å²) in [6, 6.07) is 3.37. The van der Waals surface area contributed by atoms with Gasteiger partial charge in [-0.15, -0.1) is 0 Å². The average molecular weight is 250 g/mol. The summed E-state index contributed by atoms with van der Waals surface area (Å²) in [7, 11) is 0. The lowest BCUT2D eigenvalue weighted by molar-refractivity contribution is 0.193. The fourth-order valence-corrected chi connectivity index (χ4v) is 2.85. The van der Waals surface area contributed by atoms with Gasteiger partial charge in [-0.05, 0) is 50.3 Å². The van der Waals surface area contributed by atoms with Crippen molar-refractivity contribution in [3.63, 3.8) is 0 Å². The molecule has 0 amide bonds. The molecule has 2 nitrogen and oxygen atoms in total. The molecule has 1 fully saturated rings. The Hall–Kier alpha value is -0.960. The molecule has 1 aromatic heterocycles. The van der Waals surface area contributed by atoms with E-state index < -0.39 is 5.95 Å². The maximum atomic E-state index is 13.0. The highest BCUT2D eigenvalue weighted by atomic mass is 19.1. The lowest BCUT2D eigenvalue weighted by Gasteiger charge is -2.38. The van der Waals surface area contributed by atoms with Crippen LogP contribution in [0.25, 0.3) is 0 Å². The normalized spacial score (nSPS) is 17.9. The highest BCUT2D eigenvalue weighted by Gasteiger charge is 2.29. The van der Waals surface area contributed by atoms with E-state index in [2.05, 4.69) is 24.1 Å². The predicted octanol–water partition coefficient (Wildman–Crippen LogP) is 3.67. The van der Waals surface area contributed by atoms with Crippen LogP contribution >= 0.6 is 0 Å². The highest BCUT2D eigenvalue weighted by molar-refractivity contribution is 5.11. The minimum absolute atomic E-state index is 0.125. The molecule has 1 heterocycles. The molecule has 0 radical (unpaired) electrons. The molecule has 0 atom stereocenters. The molecule has 1 aliphatic carbocycles. The van der Waals surface area contributed by atoms with Crippen LogP contribution in [0.5, 0.6) is 0 Å². The van der Waals surface area contributed by atoms with Gasteiger partial charge >= 0.3 is 0 Å². The van der Waals surface area contributed by atoms with Crippen molar-refractivity contribution in [2.75, 3.05) is 0 Å². The van der Waals surface area contributed by atoms with E-state index in [1.165, 1.54) is 44.4 Å². The van der Waals surface area contributed by atoms with Crippen molar-refractivity contribution in [3.05, 3.63) is 29.8 Å². The number of aromatic nitrogens is 1. The quantitative estimate of drug-likeness (QED) is 0.825. The third-order valence-corrected chi connectivity index (χ3v) is 4.16. The first-order valence-electron chi connectivity index (χ1n) is 6.93. The Kier molecular flexibility index (Phi) is 4.33. The van der Waals surface area contributed by atoms with E-state index in [1.807, 2.05) is 6.07 Å². The van der Waals surface area contributed by atoms with Gasteiger partial charge in [0.05, 0.1) is 0 Å². The maximum Gasteiger partial charge on any atom is 0.213 e. The number of nitrogens with zero attached hydrogens (tertiary/aromatic N) is 1. The highest BCUT2D eigenvalue weighted by Crippen LogP contribution is 2.32. The molecule has 1 aliphatic rings. The van der Waals surface area contributed by atoms with Gasteiger partial charge in [0.2, 0.25) is 5.95 Å². The van der Waals surface area contributed by atoms with E-state index in [4.69, 9.17) is 0 Å². The molecule has 0 aromatic carbocycles. The molecule has 0 aliphatic heterocycles. The van der Waals surface area contributed by atoms with Crippen molar-refractivity contribution in [2.45, 2.75) is 58.0 Å². The van der Waals surface area contributed by atoms with Gasteiger partial charge in [-0.25, -0.2) is 4.98 Å². The molecule has 1 aromatic rings. The van der Waals surface area contributed by atoms with Crippen LogP contribution < -0.4 is 5.32 Å². The summed E-state index contributed by atoms with van der Waals surface area (Å²) in [5.41, 5.74) is 1.09. The summed E-state index contributed by atoms with van der Waals surface area (Å²) >= 11 is 0. The Morgan fingerprint density at radius 1 is 1.33 bits per heavy atom. The fourth-order valence-electron chi connectivity index (χ4n) is 2.85. The largest absolute Gasteiger partial charge is 0.307 e.